The molecule has 1 aromatic heterocycles. The maximum Gasteiger partial charge on any atom is 0.462 e. The maximum absolute atomic E-state index is 13.4. The highest BCUT2D eigenvalue weighted by molar-refractivity contribution is 6.45. The van der Waals surface area contributed by atoms with E-state index in [9.17, 15) is 4.79 Å². The lowest BCUT2D eigenvalue weighted by Crippen LogP contribution is -2.41. The van der Waals surface area contributed by atoms with Gasteiger partial charge in [0.05, 0.1) is 16.7 Å². The number of aryl methyl sites for hydroxylation is 1. The molecule has 0 aliphatic carbocycles. The van der Waals surface area contributed by atoms with Gasteiger partial charge in [-0.1, -0.05) is 23.2 Å². The molecule has 3 aromatic rings. The minimum Gasteiger partial charge on any atom is -0.403 e. The quantitative estimate of drug-likeness (QED) is 0.502. The fourth-order valence-corrected chi connectivity index (χ4v) is 4.18. The molecule has 0 atom stereocenters. The van der Waals surface area contributed by atoms with Gasteiger partial charge in [-0.25, -0.2) is 0 Å². The van der Waals surface area contributed by atoms with Crippen molar-refractivity contribution in [2.75, 3.05) is 0 Å². The minimum atomic E-state index is -0.390. The minimum absolute atomic E-state index is 0.0711. The van der Waals surface area contributed by atoms with Crippen molar-refractivity contribution >= 4 is 35.5 Å². The Morgan fingerprint density at radius 3 is 2.20 bits per heavy atom. The summed E-state index contributed by atoms with van der Waals surface area (Å²) >= 11 is 6.01. The third-order valence-electron chi connectivity index (χ3n) is 6.46. The number of benzene rings is 2. The van der Waals surface area contributed by atoms with E-state index in [-0.39, 0.29) is 24.2 Å². The van der Waals surface area contributed by atoms with Crippen LogP contribution in [-0.2, 0) is 15.6 Å². The van der Waals surface area contributed by atoms with Gasteiger partial charge in [-0.2, -0.15) is 0 Å². The molecule has 1 aliphatic heterocycles. The Kier molecular flexibility index (Phi) is 5.12. The molecule has 1 fully saturated rings. The predicted molar refractivity (Wildman–Crippen MR) is 122 cm³/mol. The number of rotatable bonds is 3. The van der Waals surface area contributed by atoms with Crippen LogP contribution in [0.2, 0.25) is 5.02 Å². The van der Waals surface area contributed by atoms with E-state index in [4.69, 9.17) is 20.9 Å². The van der Waals surface area contributed by atoms with E-state index in [0.717, 1.165) is 27.7 Å². The van der Waals surface area contributed by atoms with Crippen LogP contribution >= 0.6 is 11.6 Å². The number of fused-ring (bicyclic) bond motifs is 1. The van der Waals surface area contributed by atoms with Crippen LogP contribution in [0, 0.1) is 13.8 Å². The Hall–Kier alpha value is -2.08. The van der Waals surface area contributed by atoms with Crippen molar-refractivity contribution in [2.45, 2.75) is 59.1 Å². The van der Waals surface area contributed by atoms with Crippen molar-refractivity contribution in [3.8, 4) is 0 Å². The zero-order valence-electron chi connectivity index (χ0n) is 18.4. The molecular weight excluding hydrogens is 397 g/mol. The Labute approximate surface area is 183 Å². The molecule has 1 aliphatic rings. The second kappa shape index (κ2) is 7.26. The lowest BCUT2D eigenvalue weighted by Gasteiger charge is -2.32. The fourth-order valence-electron chi connectivity index (χ4n) is 4.05. The zero-order chi connectivity index (χ0) is 21.8. The monoisotopic (exact) mass is 423 g/mol. The zero-order valence-corrected chi connectivity index (χ0v) is 19.1. The van der Waals surface area contributed by atoms with Crippen LogP contribution in [0.25, 0.3) is 10.9 Å². The van der Waals surface area contributed by atoms with Crippen molar-refractivity contribution in [3.05, 3.63) is 69.9 Å². The van der Waals surface area contributed by atoms with Gasteiger partial charge >= 0.3 is 7.12 Å². The first-order valence-corrected chi connectivity index (χ1v) is 10.6. The average molecular weight is 424 g/mol. The van der Waals surface area contributed by atoms with E-state index in [1.807, 2.05) is 19.1 Å². The topological polar surface area (TPSA) is 40.5 Å². The van der Waals surface area contributed by atoms with E-state index < -0.39 is 0 Å². The second-order valence-electron chi connectivity index (χ2n) is 9.12. The maximum atomic E-state index is 13.4. The summed E-state index contributed by atoms with van der Waals surface area (Å²) in [6, 6.07) is 13.2. The molecule has 0 saturated carbocycles. The van der Waals surface area contributed by atoms with E-state index >= 15 is 0 Å². The van der Waals surface area contributed by atoms with Gasteiger partial charge < -0.3 is 9.31 Å². The Bertz CT molecular complexity index is 1120. The summed E-state index contributed by atoms with van der Waals surface area (Å²) in [6.07, 6.45) is 0.583. The molecule has 6 heteroatoms. The van der Waals surface area contributed by atoms with Gasteiger partial charge in [-0.05, 0) is 83.5 Å². The first kappa shape index (κ1) is 21.2. The number of hydrogen-bond acceptors (Lipinski definition) is 3. The van der Waals surface area contributed by atoms with E-state index in [0.29, 0.717) is 16.9 Å². The van der Waals surface area contributed by atoms with Crippen molar-refractivity contribution < 1.29 is 14.1 Å². The molecule has 30 heavy (non-hydrogen) atoms. The number of aromatic nitrogens is 1. The summed E-state index contributed by atoms with van der Waals surface area (Å²) in [4.78, 5) is 13.4. The lowest BCUT2D eigenvalue weighted by molar-refractivity contribution is 0.00578. The number of nitrogens with zero attached hydrogens (tertiary/aromatic N) is 1. The van der Waals surface area contributed by atoms with Gasteiger partial charge in [-0.3, -0.25) is 9.36 Å². The van der Waals surface area contributed by atoms with E-state index in [2.05, 4.69) is 40.7 Å². The second-order valence-corrected chi connectivity index (χ2v) is 9.56. The van der Waals surface area contributed by atoms with Crippen molar-refractivity contribution in [1.82, 2.24) is 4.57 Å². The SMILES string of the molecule is Cc1ccc2c(c1)c(CB1OC(C)(C)C(C)(C)O1)c(C)n2C(=O)c1ccc(Cl)cc1. The van der Waals surface area contributed by atoms with Gasteiger partial charge in [0.15, 0.2) is 0 Å². The smallest absolute Gasteiger partial charge is 0.403 e. The number of halogens is 1. The number of carbonyl (C=O) groups is 1. The molecule has 2 aromatic carbocycles. The summed E-state index contributed by atoms with van der Waals surface area (Å²) in [6.45, 7) is 12.3. The van der Waals surface area contributed by atoms with Crippen molar-refractivity contribution in [1.29, 1.82) is 0 Å². The summed E-state index contributed by atoms with van der Waals surface area (Å²) in [5, 5.41) is 1.67. The highest BCUT2D eigenvalue weighted by atomic mass is 35.5. The molecule has 0 spiro atoms. The first-order valence-electron chi connectivity index (χ1n) is 10.3. The molecule has 0 N–H and O–H groups in total. The Morgan fingerprint density at radius 2 is 1.60 bits per heavy atom. The van der Waals surface area contributed by atoms with Crippen LogP contribution < -0.4 is 0 Å². The molecule has 1 saturated heterocycles. The number of hydrogen-bond donors (Lipinski definition) is 0. The summed E-state index contributed by atoms with van der Waals surface area (Å²) in [5.74, 6) is -0.0711. The normalized spacial score (nSPS) is 17.6. The standard InChI is InChI=1S/C24H27BClNO3/c1-15-7-12-21-19(13-15)20(14-25-29-23(3,4)24(5,6)30-25)16(2)27(21)22(28)17-8-10-18(26)11-9-17/h7-13H,14H2,1-6H3. The van der Waals surface area contributed by atoms with Crippen LogP contribution in [0.5, 0.6) is 0 Å². The Balaban J connectivity index is 1.79. The van der Waals surface area contributed by atoms with Crippen molar-refractivity contribution in [2.24, 2.45) is 0 Å². The summed E-state index contributed by atoms with van der Waals surface area (Å²) in [7, 11) is -0.362. The largest absolute Gasteiger partial charge is 0.462 e. The summed E-state index contributed by atoms with van der Waals surface area (Å²) < 4.78 is 14.3. The molecule has 4 nitrogen and oxygen atoms in total. The van der Waals surface area contributed by atoms with Crippen LogP contribution in [0.1, 0.15) is 54.9 Å². The Morgan fingerprint density at radius 1 is 1.00 bits per heavy atom. The molecule has 0 bridgehead atoms. The molecule has 156 valence electrons. The molecule has 2 heterocycles. The molecule has 0 radical (unpaired) electrons. The lowest BCUT2D eigenvalue weighted by atomic mass is 9.79. The highest BCUT2D eigenvalue weighted by Crippen LogP contribution is 2.39. The number of carbonyl (C=O) groups excluding carboxylic acids is 1. The van der Waals surface area contributed by atoms with Gasteiger partial charge in [0.25, 0.3) is 5.91 Å². The summed E-state index contributed by atoms with van der Waals surface area (Å²) in [5.41, 5.74) is 3.85. The van der Waals surface area contributed by atoms with Gasteiger partial charge in [0, 0.05) is 28.0 Å². The van der Waals surface area contributed by atoms with Crippen LogP contribution in [-0.4, -0.2) is 28.8 Å². The molecule has 4 rings (SSSR count). The predicted octanol–water partition coefficient (Wildman–Crippen LogP) is 5.77. The molecular formula is C24H27BClNO3. The van der Waals surface area contributed by atoms with Crippen molar-refractivity contribution in [3.63, 3.8) is 0 Å². The van der Waals surface area contributed by atoms with E-state index in [1.54, 1.807) is 28.8 Å². The first-order chi connectivity index (χ1) is 14.0. The van der Waals surface area contributed by atoms with Gasteiger partial charge in [-0.15, -0.1) is 0 Å². The highest BCUT2D eigenvalue weighted by Gasteiger charge is 2.51. The third kappa shape index (κ3) is 3.49. The average Bonchev–Trinajstić information content (AvgIpc) is 3.04. The molecule has 0 unspecified atom stereocenters. The van der Waals surface area contributed by atoms with E-state index in [1.165, 1.54) is 0 Å². The fraction of sp³-hybridized carbons (Fsp3) is 0.375. The van der Waals surface area contributed by atoms with Crippen LogP contribution in [0.4, 0.5) is 0 Å². The van der Waals surface area contributed by atoms with Gasteiger partial charge in [0.1, 0.15) is 0 Å². The third-order valence-corrected chi connectivity index (χ3v) is 6.71. The van der Waals surface area contributed by atoms with Gasteiger partial charge in [0.2, 0.25) is 0 Å². The van der Waals surface area contributed by atoms with Crippen LogP contribution in [0.3, 0.4) is 0 Å². The van der Waals surface area contributed by atoms with Crippen LogP contribution in [0.15, 0.2) is 42.5 Å². The molecule has 0 amide bonds.